The van der Waals surface area contributed by atoms with Gasteiger partial charge in [0.2, 0.25) is 5.91 Å². The zero-order valence-electron chi connectivity index (χ0n) is 12.3. The summed E-state index contributed by atoms with van der Waals surface area (Å²) in [6.45, 7) is 0.462. The van der Waals surface area contributed by atoms with Gasteiger partial charge in [0.15, 0.2) is 0 Å². The molecule has 0 saturated carbocycles. The Bertz CT molecular complexity index is 758. The van der Waals surface area contributed by atoms with Gasteiger partial charge in [-0.2, -0.15) is 0 Å². The molecule has 0 bridgehead atoms. The molecule has 0 unspecified atom stereocenters. The molecule has 7 nitrogen and oxygen atoms in total. The number of aromatic nitrogens is 1. The van der Waals surface area contributed by atoms with E-state index >= 15 is 0 Å². The first-order chi connectivity index (χ1) is 11.2. The number of benzene rings is 1. The zero-order chi connectivity index (χ0) is 16.2. The second-order valence-electron chi connectivity index (χ2n) is 5.23. The van der Waals surface area contributed by atoms with Crippen molar-refractivity contribution in [1.29, 1.82) is 0 Å². The average Bonchev–Trinajstić information content (AvgIpc) is 3.03. The van der Waals surface area contributed by atoms with Crippen molar-refractivity contribution < 1.29 is 9.90 Å². The van der Waals surface area contributed by atoms with Crippen LogP contribution >= 0.6 is 0 Å². The van der Waals surface area contributed by atoms with E-state index in [9.17, 15) is 9.90 Å². The molecule has 1 N–H and O–H groups in total. The highest BCUT2D eigenvalue weighted by Gasteiger charge is 2.35. The molecule has 116 valence electrons. The maximum Gasteiger partial charge on any atom is 0.240 e. The second kappa shape index (κ2) is 6.48. The van der Waals surface area contributed by atoms with Crippen molar-refractivity contribution in [3.8, 4) is 0 Å². The van der Waals surface area contributed by atoms with Crippen molar-refractivity contribution in [2.45, 2.75) is 18.6 Å². The van der Waals surface area contributed by atoms with Gasteiger partial charge in [-0.15, -0.1) is 0 Å². The topological polar surface area (TPSA) is 102 Å². The van der Waals surface area contributed by atoms with Crippen molar-refractivity contribution in [1.82, 2.24) is 4.98 Å². The summed E-state index contributed by atoms with van der Waals surface area (Å²) in [5.74, 6) is 0.118. The summed E-state index contributed by atoms with van der Waals surface area (Å²) in [6, 6.07) is 11.2. The van der Waals surface area contributed by atoms with Crippen LogP contribution in [0.15, 0.2) is 53.8 Å². The zero-order valence-corrected chi connectivity index (χ0v) is 12.3. The standard InChI is InChI=1S/C16H15N5O2/c17-20-19-13(14(22)11-5-2-1-3-6-11)16(23)21-10-8-12-7-4-9-18-15(12)21/h1-7,9,13-14,22H,8,10H2/t13-,14+/m0/s1. The number of amides is 1. The van der Waals surface area contributed by atoms with Crippen LogP contribution < -0.4 is 4.90 Å². The lowest BCUT2D eigenvalue weighted by Crippen LogP contribution is -2.40. The summed E-state index contributed by atoms with van der Waals surface area (Å²) in [5, 5.41) is 14.0. The van der Waals surface area contributed by atoms with E-state index in [2.05, 4.69) is 15.0 Å². The molecule has 0 fully saturated rings. The van der Waals surface area contributed by atoms with Gasteiger partial charge in [0.25, 0.3) is 0 Å². The Morgan fingerprint density at radius 2 is 2.09 bits per heavy atom. The number of aliphatic hydroxyl groups excluding tert-OH is 1. The molecule has 1 aliphatic rings. The number of hydrogen-bond donors (Lipinski definition) is 1. The Morgan fingerprint density at radius 3 is 2.83 bits per heavy atom. The molecule has 0 spiro atoms. The third kappa shape index (κ3) is 2.88. The van der Waals surface area contributed by atoms with Gasteiger partial charge in [0, 0.05) is 17.7 Å². The van der Waals surface area contributed by atoms with E-state index in [1.54, 1.807) is 36.5 Å². The van der Waals surface area contributed by atoms with Crippen LogP contribution in [0, 0.1) is 0 Å². The van der Waals surface area contributed by atoms with Gasteiger partial charge < -0.3 is 5.11 Å². The lowest BCUT2D eigenvalue weighted by Gasteiger charge is -2.24. The van der Waals surface area contributed by atoms with Crippen molar-refractivity contribution in [2.75, 3.05) is 11.4 Å². The fourth-order valence-electron chi connectivity index (χ4n) is 2.72. The van der Waals surface area contributed by atoms with E-state index < -0.39 is 18.1 Å². The average molecular weight is 309 g/mol. The molecular weight excluding hydrogens is 294 g/mol. The van der Waals surface area contributed by atoms with E-state index in [4.69, 9.17) is 5.53 Å². The van der Waals surface area contributed by atoms with Crippen LogP contribution in [0.25, 0.3) is 10.4 Å². The first kappa shape index (κ1) is 15.0. The summed E-state index contributed by atoms with van der Waals surface area (Å²) in [5.41, 5.74) is 10.3. The van der Waals surface area contributed by atoms with Gasteiger partial charge in [-0.05, 0) is 29.1 Å². The lowest BCUT2D eigenvalue weighted by molar-refractivity contribution is -0.122. The number of carbonyl (C=O) groups is 1. The normalized spacial score (nSPS) is 15.4. The fourth-order valence-corrected chi connectivity index (χ4v) is 2.72. The molecule has 2 atom stereocenters. The Kier molecular flexibility index (Phi) is 4.23. The van der Waals surface area contributed by atoms with Crippen LogP contribution in [0.2, 0.25) is 0 Å². The number of rotatable bonds is 4. The fraction of sp³-hybridized carbons (Fsp3) is 0.250. The maximum absolute atomic E-state index is 12.8. The summed E-state index contributed by atoms with van der Waals surface area (Å²) in [7, 11) is 0. The van der Waals surface area contributed by atoms with Crippen LogP contribution in [-0.2, 0) is 11.2 Å². The molecule has 0 radical (unpaired) electrons. The molecule has 1 aromatic carbocycles. The SMILES string of the molecule is [N-]=[N+]=N[C@H](C(=O)N1CCc2cccnc21)[C@H](O)c1ccccc1. The van der Waals surface area contributed by atoms with E-state index in [0.717, 1.165) is 5.56 Å². The monoisotopic (exact) mass is 309 g/mol. The van der Waals surface area contributed by atoms with Crippen LogP contribution in [-0.4, -0.2) is 28.6 Å². The highest BCUT2D eigenvalue weighted by atomic mass is 16.3. The van der Waals surface area contributed by atoms with E-state index in [1.807, 2.05) is 12.1 Å². The van der Waals surface area contributed by atoms with Gasteiger partial charge >= 0.3 is 0 Å². The van der Waals surface area contributed by atoms with E-state index in [0.29, 0.717) is 24.3 Å². The third-order valence-electron chi connectivity index (χ3n) is 3.86. The predicted molar refractivity (Wildman–Crippen MR) is 84.6 cm³/mol. The van der Waals surface area contributed by atoms with Gasteiger partial charge in [0.05, 0.1) is 6.10 Å². The summed E-state index contributed by atoms with van der Waals surface area (Å²) < 4.78 is 0. The minimum atomic E-state index is -1.23. The molecule has 1 aliphatic heterocycles. The van der Waals surface area contributed by atoms with Crippen molar-refractivity contribution in [3.63, 3.8) is 0 Å². The molecule has 1 aromatic heterocycles. The molecule has 0 aliphatic carbocycles. The lowest BCUT2D eigenvalue weighted by atomic mass is 10.0. The third-order valence-corrected chi connectivity index (χ3v) is 3.86. The minimum absolute atomic E-state index is 0.448. The number of anilines is 1. The molecule has 2 aromatic rings. The predicted octanol–water partition coefficient (Wildman–Crippen LogP) is 2.38. The maximum atomic E-state index is 12.8. The minimum Gasteiger partial charge on any atom is -0.387 e. The molecule has 23 heavy (non-hydrogen) atoms. The van der Waals surface area contributed by atoms with Gasteiger partial charge in [0.1, 0.15) is 11.9 Å². The first-order valence-electron chi connectivity index (χ1n) is 7.25. The van der Waals surface area contributed by atoms with Crippen molar-refractivity contribution in [2.24, 2.45) is 5.11 Å². The van der Waals surface area contributed by atoms with Crippen LogP contribution in [0.5, 0.6) is 0 Å². The summed E-state index contributed by atoms with van der Waals surface area (Å²) in [4.78, 5) is 21.2. The summed E-state index contributed by atoms with van der Waals surface area (Å²) in [6.07, 6.45) is 1.10. The van der Waals surface area contributed by atoms with E-state index in [1.165, 1.54) is 4.90 Å². The highest BCUT2D eigenvalue weighted by molar-refractivity contribution is 5.98. The largest absolute Gasteiger partial charge is 0.387 e. The Hall–Kier alpha value is -2.89. The van der Waals surface area contributed by atoms with Gasteiger partial charge in [-0.1, -0.05) is 41.5 Å². The molecule has 1 amide bonds. The highest BCUT2D eigenvalue weighted by Crippen LogP contribution is 2.28. The molecule has 7 heteroatoms. The van der Waals surface area contributed by atoms with Crippen LogP contribution in [0.4, 0.5) is 5.82 Å². The number of pyridine rings is 1. The van der Waals surface area contributed by atoms with Crippen molar-refractivity contribution >= 4 is 11.7 Å². The van der Waals surface area contributed by atoms with Crippen LogP contribution in [0.3, 0.4) is 0 Å². The van der Waals surface area contributed by atoms with E-state index in [-0.39, 0.29) is 0 Å². The Morgan fingerprint density at radius 1 is 1.30 bits per heavy atom. The number of azide groups is 1. The smallest absolute Gasteiger partial charge is 0.240 e. The molecular formula is C16H15N5O2. The number of fused-ring (bicyclic) bond motifs is 1. The quantitative estimate of drug-likeness (QED) is 0.533. The van der Waals surface area contributed by atoms with Crippen molar-refractivity contribution in [3.05, 3.63) is 70.2 Å². The number of nitrogens with zero attached hydrogens (tertiary/aromatic N) is 5. The Labute approximate surface area is 132 Å². The molecule has 2 heterocycles. The van der Waals surface area contributed by atoms with Crippen LogP contribution in [0.1, 0.15) is 17.2 Å². The Balaban J connectivity index is 1.90. The van der Waals surface area contributed by atoms with Gasteiger partial charge in [-0.3, -0.25) is 9.69 Å². The molecule has 3 rings (SSSR count). The molecule has 0 saturated heterocycles. The van der Waals surface area contributed by atoms with Gasteiger partial charge in [-0.25, -0.2) is 4.98 Å². The first-order valence-corrected chi connectivity index (χ1v) is 7.25. The number of hydrogen-bond acceptors (Lipinski definition) is 4. The summed E-state index contributed by atoms with van der Waals surface area (Å²) >= 11 is 0. The number of carbonyl (C=O) groups excluding carboxylic acids is 1. The second-order valence-corrected chi connectivity index (χ2v) is 5.23. The number of aliphatic hydroxyl groups is 1.